The van der Waals surface area contributed by atoms with Crippen LogP contribution in [0.3, 0.4) is 0 Å². The van der Waals surface area contributed by atoms with Gasteiger partial charge in [0.2, 0.25) is 23.6 Å². The maximum absolute atomic E-state index is 13.4. The van der Waals surface area contributed by atoms with E-state index in [0.717, 1.165) is 18.7 Å². The van der Waals surface area contributed by atoms with Crippen LogP contribution in [0.1, 0.15) is 42.9 Å². The number of benzene rings is 2. The molecule has 2 atom stereocenters. The molecule has 2 heterocycles. The first-order valence-corrected chi connectivity index (χ1v) is 14.3. The quantitative estimate of drug-likeness (QED) is 0.573. The highest BCUT2D eigenvalue weighted by atomic mass is 16.5. The number of hydrogen-bond donors (Lipinski definition) is 2. The van der Waals surface area contributed by atoms with Crippen molar-refractivity contribution in [2.75, 3.05) is 40.3 Å². The minimum absolute atomic E-state index is 0.00881. The van der Waals surface area contributed by atoms with E-state index in [1.807, 2.05) is 24.3 Å². The molecular formula is C31H41N5O5. The van der Waals surface area contributed by atoms with Gasteiger partial charge in [0.25, 0.3) is 0 Å². The van der Waals surface area contributed by atoms with Gasteiger partial charge in [-0.1, -0.05) is 36.4 Å². The van der Waals surface area contributed by atoms with Crippen molar-refractivity contribution in [2.45, 2.75) is 57.8 Å². The molecule has 4 rings (SSSR count). The number of likely N-dealkylation sites (N-methyl/N-ethyl adjacent to an activating group) is 1. The summed E-state index contributed by atoms with van der Waals surface area (Å²) in [6.45, 7) is 4.73. The molecule has 2 N–H and O–H groups in total. The zero-order chi connectivity index (χ0) is 29.4. The summed E-state index contributed by atoms with van der Waals surface area (Å²) in [6.07, 6.45) is 1.51. The van der Waals surface area contributed by atoms with Crippen molar-refractivity contribution in [3.8, 4) is 5.75 Å². The van der Waals surface area contributed by atoms with Gasteiger partial charge in [0.05, 0.1) is 13.7 Å². The Morgan fingerprint density at radius 3 is 2.29 bits per heavy atom. The van der Waals surface area contributed by atoms with Crippen LogP contribution in [0, 0.1) is 0 Å². The normalized spacial score (nSPS) is 21.4. The first-order chi connectivity index (χ1) is 19.7. The van der Waals surface area contributed by atoms with Crippen LogP contribution in [-0.4, -0.2) is 90.7 Å². The molecule has 2 aromatic carbocycles. The molecule has 2 aromatic rings. The highest BCUT2D eigenvalue weighted by Crippen LogP contribution is 2.22. The van der Waals surface area contributed by atoms with Gasteiger partial charge in [0.1, 0.15) is 17.8 Å². The molecule has 0 spiro atoms. The summed E-state index contributed by atoms with van der Waals surface area (Å²) in [5, 5.41) is 5.79. The standard InChI is InChI=1S/C31H41N5O5/c1-22-30(39)32-15-7-17-36(29(38)21-35-19-24-8-4-5-9-25(24)20-35)16-6-10-28(37)33-27(31(40)34(22)2)18-23-11-13-26(41-3)14-12-23/h4-5,8-9,11-14,22,27H,6-7,10,15-21H2,1-3H3,(H,32,39)(H,33,37)/t22-,27-/m0/s1. The number of carbonyl (C=O) groups is 4. The van der Waals surface area contributed by atoms with Crippen LogP contribution in [-0.2, 0) is 38.7 Å². The summed E-state index contributed by atoms with van der Waals surface area (Å²) in [5.74, 6) is -0.177. The SMILES string of the molecule is COc1ccc(C[C@@H]2NC(=O)CCCN(C(=O)CN3Cc4ccccc4C3)CCCNC(=O)[C@H](C)N(C)C2=O)cc1. The average Bonchev–Trinajstić information content (AvgIpc) is 3.38. The molecule has 4 amide bonds. The lowest BCUT2D eigenvalue weighted by atomic mass is 10.0. The molecule has 2 aliphatic rings. The van der Waals surface area contributed by atoms with Crippen molar-refractivity contribution in [1.82, 2.24) is 25.3 Å². The summed E-state index contributed by atoms with van der Waals surface area (Å²) >= 11 is 0. The zero-order valence-electron chi connectivity index (χ0n) is 24.2. The third-order valence-electron chi connectivity index (χ3n) is 7.89. The molecule has 1 fully saturated rings. The van der Waals surface area contributed by atoms with Crippen molar-refractivity contribution in [1.29, 1.82) is 0 Å². The second-order valence-corrected chi connectivity index (χ2v) is 10.8. The summed E-state index contributed by atoms with van der Waals surface area (Å²) in [4.78, 5) is 57.9. The minimum atomic E-state index is -0.837. The number of nitrogens with zero attached hydrogens (tertiary/aromatic N) is 3. The third kappa shape index (κ3) is 8.07. The third-order valence-corrected chi connectivity index (χ3v) is 7.89. The maximum Gasteiger partial charge on any atom is 0.245 e. The van der Waals surface area contributed by atoms with Crippen molar-refractivity contribution in [3.05, 3.63) is 65.2 Å². The zero-order valence-corrected chi connectivity index (χ0v) is 24.2. The first kappa shape index (κ1) is 30.0. The van der Waals surface area contributed by atoms with Crippen LogP contribution >= 0.6 is 0 Å². The molecule has 10 nitrogen and oxygen atoms in total. The number of methoxy groups -OCH3 is 1. The second-order valence-electron chi connectivity index (χ2n) is 10.8. The minimum Gasteiger partial charge on any atom is -0.497 e. The van der Waals surface area contributed by atoms with Gasteiger partial charge in [-0.15, -0.1) is 0 Å². The number of nitrogens with one attached hydrogen (secondary N) is 2. The average molecular weight is 564 g/mol. The fourth-order valence-electron chi connectivity index (χ4n) is 5.30. The Labute approximate surface area is 242 Å². The Morgan fingerprint density at radius 2 is 1.63 bits per heavy atom. The number of rotatable bonds is 5. The van der Waals surface area contributed by atoms with E-state index >= 15 is 0 Å². The highest BCUT2D eigenvalue weighted by molar-refractivity contribution is 5.92. The number of carbonyl (C=O) groups excluding carboxylic acids is 4. The largest absolute Gasteiger partial charge is 0.497 e. The van der Waals surface area contributed by atoms with E-state index in [-0.39, 0.29) is 36.5 Å². The molecule has 0 aliphatic carbocycles. The van der Waals surface area contributed by atoms with Crippen LogP contribution in [0.25, 0.3) is 0 Å². The maximum atomic E-state index is 13.4. The number of ether oxygens (including phenoxy) is 1. The summed E-state index contributed by atoms with van der Waals surface area (Å²) < 4.78 is 5.22. The summed E-state index contributed by atoms with van der Waals surface area (Å²) in [6, 6.07) is 14.0. The molecule has 220 valence electrons. The second kappa shape index (κ2) is 14.1. The van der Waals surface area contributed by atoms with Crippen molar-refractivity contribution >= 4 is 23.6 Å². The predicted molar refractivity (Wildman–Crippen MR) is 155 cm³/mol. The molecule has 10 heteroatoms. The molecule has 0 saturated carbocycles. The molecule has 2 aliphatic heterocycles. The monoisotopic (exact) mass is 563 g/mol. The van der Waals surface area contributed by atoms with Crippen LogP contribution in [0.2, 0.25) is 0 Å². The van der Waals surface area contributed by atoms with Crippen molar-refractivity contribution < 1.29 is 23.9 Å². The topological polar surface area (TPSA) is 111 Å². The van der Waals surface area contributed by atoms with E-state index in [1.165, 1.54) is 16.0 Å². The summed E-state index contributed by atoms with van der Waals surface area (Å²) in [7, 11) is 3.16. The van der Waals surface area contributed by atoms with E-state index in [1.54, 1.807) is 38.1 Å². The Morgan fingerprint density at radius 1 is 0.976 bits per heavy atom. The lowest BCUT2D eigenvalue weighted by Crippen LogP contribution is -2.54. The fraction of sp³-hybridized carbons (Fsp3) is 0.484. The van der Waals surface area contributed by atoms with Gasteiger partial charge in [-0.25, -0.2) is 0 Å². The van der Waals surface area contributed by atoms with Crippen LogP contribution < -0.4 is 15.4 Å². The van der Waals surface area contributed by atoms with Crippen LogP contribution in [0.15, 0.2) is 48.5 Å². The predicted octanol–water partition coefficient (Wildman–Crippen LogP) is 1.71. The number of amides is 4. The van der Waals surface area contributed by atoms with Gasteiger partial charge in [-0.3, -0.25) is 24.1 Å². The smallest absolute Gasteiger partial charge is 0.245 e. The Balaban J connectivity index is 1.43. The van der Waals surface area contributed by atoms with E-state index < -0.39 is 12.1 Å². The van der Waals surface area contributed by atoms with Crippen molar-refractivity contribution in [3.63, 3.8) is 0 Å². The Kier molecular flexibility index (Phi) is 10.3. The van der Waals surface area contributed by atoms with Crippen LogP contribution in [0.4, 0.5) is 0 Å². The molecule has 0 bridgehead atoms. The van der Waals surface area contributed by atoms with E-state index in [0.29, 0.717) is 44.8 Å². The lowest BCUT2D eigenvalue weighted by Gasteiger charge is -2.29. The van der Waals surface area contributed by atoms with Gasteiger partial charge in [-0.2, -0.15) is 0 Å². The van der Waals surface area contributed by atoms with Crippen molar-refractivity contribution in [2.24, 2.45) is 0 Å². The molecule has 0 radical (unpaired) electrons. The van der Waals surface area contributed by atoms with E-state index in [9.17, 15) is 19.2 Å². The molecule has 41 heavy (non-hydrogen) atoms. The summed E-state index contributed by atoms with van der Waals surface area (Å²) in [5.41, 5.74) is 3.35. The number of fused-ring (bicyclic) bond motifs is 1. The Hall–Kier alpha value is -3.92. The number of hydrogen-bond acceptors (Lipinski definition) is 6. The molecule has 0 unspecified atom stereocenters. The highest BCUT2D eigenvalue weighted by Gasteiger charge is 2.30. The van der Waals surface area contributed by atoms with E-state index in [4.69, 9.17) is 4.74 Å². The lowest BCUT2D eigenvalue weighted by molar-refractivity contribution is -0.141. The van der Waals surface area contributed by atoms with Crippen LogP contribution in [0.5, 0.6) is 5.75 Å². The van der Waals surface area contributed by atoms with Gasteiger partial charge < -0.3 is 25.2 Å². The van der Waals surface area contributed by atoms with Gasteiger partial charge in [0.15, 0.2) is 0 Å². The fourth-order valence-corrected chi connectivity index (χ4v) is 5.30. The van der Waals surface area contributed by atoms with E-state index in [2.05, 4.69) is 27.7 Å². The molecular weight excluding hydrogens is 522 g/mol. The Bertz CT molecular complexity index is 1210. The van der Waals surface area contributed by atoms with Gasteiger partial charge in [0, 0.05) is 52.6 Å². The molecule has 0 aromatic heterocycles. The first-order valence-electron chi connectivity index (χ1n) is 14.3. The molecule has 1 saturated heterocycles. The van der Waals surface area contributed by atoms with Gasteiger partial charge in [-0.05, 0) is 48.6 Å². The van der Waals surface area contributed by atoms with Gasteiger partial charge >= 0.3 is 0 Å².